The summed E-state index contributed by atoms with van der Waals surface area (Å²) < 4.78 is 0. The molecule has 0 spiro atoms. The molecule has 1 amide bonds. The Morgan fingerprint density at radius 2 is 1.75 bits per heavy atom. The van der Waals surface area contributed by atoms with Gasteiger partial charge in [0.2, 0.25) is 5.91 Å². The van der Waals surface area contributed by atoms with Gasteiger partial charge in [0.15, 0.2) is 0 Å². The summed E-state index contributed by atoms with van der Waals surface area (Å²) in [5, 5.41) is 12.5. The Labute approximate surface area is 121 Å². The monoisotopic (exact) mass is 281 g/mol. The third kappa shape index (κ3) is 3.53. The van der Waals surface area contributed by atoms with Crippen LogP contribution < -0.4 is 5.32 Å². The van der Waals surface area contributed by atoms with Gasteiger partial charge in [0, 0.05) is 12.5 Å². The zero-order chi connectivity index (χ0) is 14.6. The summed E-state index contributed by atoms with van der Waals surface area (Å²) in [5.74, 6) is -0.306. The van der Waals surface area contributed by atoms with E-state index in [2.05, 4.69) is 12.2 Å². The van der Waals surface area contributed by atoms with E-state index in [9.17, 15) is 14.7 Å². The third-order valence-corrected chi connectivity index (χ3v) is 5.26. The fraction of sp³-hybridized carbons (Fsp3) is 0.875. The van der Waals surface area contributed by atoms with Crippen molar-refractivity contribution in [1.82, 2.24) is 5.32 Å². The average molecular weight is 281 g/mol. The summed E-state index contributed by atoms with van der Waals surface area (Å²) in [7, 11) is 0. The van der Waals surface area contributed by atoms with Crippen LogP contribution in [0.15, 0.2) is 0 Å². The van der Waals surface area contributed by atoms with Gasteiger partial charge in [0.1, 0.15) is 0 Å². The molecule has 0 aromatic carbocycles. The largest absolute Gasteiger partial charge is 0.481 e. The molecule has 0 radical (unpaired) electrons. The van der Waals surface area contributed by atoms with Crippen molar-refractivity contribution in [2.45, 2.75) is 77.2 Å². The molecule has 2 aliphatic carbocycles. The van der Waals surface area contributed by atoms with Crippen molar-refractivity contribution in [2.24, 2.45) is 11.3 Å². The number of carbonyl (C=O) groups is 2. The molecule has 4 nitrogen and oxygen atoms in total. The quantitative estimate of drug-likeness (QED) is 0.813. The number of hydrogen-bond donors (Lipinski definition) is 2. The van der Waals surface area contributed by atoms with Gasteiger partial charge in [-0.05, 0) is 38.5 Å². The number of hydrogen-bond acceptors (Lipinski definition) is 2. The van der Waals surface area contributed by atoms with Gasteiger partial charge in [-0.25, -0.2) is 0 Å². The molecule has 2 rings (SSSR count). The standard InChI is InChI=1S/C16H27NO3/c1-12(13-7-3-2-4-8-13)17-14(18)11-16(15(19)20)9-5-6-10-16/h12-13H,2-11H2,1H3,(H,17,18)(H,19,20)/t12-/m1/s1. The Morgan fingerprint density at radius 3 is 2.30 bits per heavy atom. The van der Waals surface area contributed by atoms with Crippen LogP contribution in [0.3, 0.4) is 0 Å². The number of carboxylic acid groups (broad SMARTS) is 1. The highest BCUT2D eigenvalue weighted by molar-refractivity contribution is 5.85. The summed E-state index contributed by atoms with van der Waals surface area (Å²) in [6, 6.07) is 0.176. The maximum atomic E-state index is 12.2. The third-order valence-electron chi connectivity index (χ3n) is 5.26. The summed E-state index contributed by atoms with van der Waals surface area (Å²) in [6.07, 6.45) is 9.49. The van der Waals surface area contributed by atoms with Crippen LogP contribution in [0.2, 0.25) is 0 Å². The molecule has 2 N–H and O–H groups in total. The summed E-state index contributed by atoms with van der Waals surface area (Å²) in [6.45, 7) is 2.07. The topological polar surface area (TPSA) is 66.4 Å². The van der Waals surface area contributed by atoms with E-state index in [1.54, 1.807) is 0 Å². The van der Waals surface area contributed by atoms with Crippen molar-refractivity contribution in [1.29, 1.82) is 0 Å². The highest BCUT2D eigenvalue weighted by Gasteiger charge is 2.43. The van der Waals surface area contributed by atoms with Crippen LogP contribution >= 0.6 is 0 Å². The molecule has 0 aromatic rings. The summed E-state index contributed by atoms with van der Waals surface area (Å²) in [5.41, 5.74) is -0.795. The van der Waals surface area contributed by atoms with Crippen LogP contribution in [0.1, 0.15) is 71.1 Å². The highest BCUT2D eigenvalue weighted by Crippen LogP contribution is 2.41. The minimum absolute atomic E-state index is 0.0765. The molecule has 2 fully saturated rings. The van der Waals surface area contributed by atoms with Gasteiger partial charge in [-0.1, -0.05) is 32.1 Å². The van der Waals surface area contributed by atoms with Gasteiger partial charge in [-0.2, -0.15) is 0 Å². The molecule has 0 unspecified atom stereocenters. The van der Waals surface area contributed by atoms with Crippen LogP contribution in [0.5, 0.6) is 0 Å². The van der Waals surface area contributed by atoms with E-state index in [4.69, 9.17) is 0 Å². The van der Waals surface area contributed by atoms with Crippen molar-refractivity contribution in [3.8, 4) is 0 Å². The van der Waals surface area contributed by atoms with Crippen LogP contribution in [0.25, 0.3) is 0 Å². The van der Waals surface area contributed by atoms with Crippen molar-refractivity contribution >= 4 is 11.9 Å². The van der Waals surface area contributed by atoms with Gasteiger partial charge in [-0.3, -0.25) is 9.59 Å². The summed E-state index contributed by atoms with van der Waals surface area (Å²) in [4.78, 5) is 23.7. The first-order valence-electron chi connectivity index (χ1n) is 8.06. The molecule has 2 aliphatic rings. The number of carboxylic acids is 1. The molecule has 2 saturated carbocycles. The number of rotatable bonds is 5. The highest BCUT2D eigenvalue weighted by atomic mass is 16.4. The maximum Gasteiger partial charge on any atom is 0.310 e. The van der Waals surface area contributed by atoms with Gasteiger partial charge in [0.05, 0.1) is 5.41 Å². The van der Waals surface area contributed by atoms with E-state index >= 15 is 0 Å². The van der Waals surface area contributed by atoms with E-state index in [1.807, 2.05) is 0 Å². The van der Waals surface area contributed by atoms with Crippen molar-refractivity contribution in [2.75, 3.05) is 0 Å². The fourth-order valence-electron chi connectivity index (χ4n) is 3.88. The first-order chi connectivity index (χ1) is 9.53. The maximum absolute atomic E-state index is 12.2. The lowest BCUT2D eigenvalue weighted by molar-refractivity contribution is -0.151. The average Bonchev–Trinajstić information content (AvgIpc) is 2.89. The molecule has 0 aliphatic heterocycles. The first-order valence-corrected chi connectivity index (χ1v) is 8.06. The molecule has 4 heteroatoms. The number of amides is 1. The molecule has 0 saturated heterocycles. The molecule has 20 heavy (non-hydrogen) atoms. The molecule has 0 bridgehead atoms. The predicted octanol–water partition coefficient (Wildman–Crippen LogP) is 3.11. The van der Waals surface area contributed by atoms with Crippen LogP contribution in [0, 0.1) is 11.3 Å². The van der Waals surface area contributed by atoms with E-state index in [1.165, 1.54) is 32.1 Å². The number of carbonyl (C=O) groups excluding carboxylic acids is 1. The van der Waals surface area contributed by atoms with Crippen molar-refractivity contribution in [3.63, 3.8) is 0 Å². The second-order valence-corrected chi connectivity index (χ2v) is 6.72. The zero-order valence-electron chi connectivity index (χ0n) is 12.5. The lowest BCUT2D eigenvalue weighted by atomic mass is 9.81. The molecule has 114 valence electrons. The lowest BCUT2D eigenvalue weighted by Crippen LogP contribution is -2.42. The van der Waals surface area contributed by atoms with E-state index in [0.717, 1.165) is 12.8 Å². The fourth-order valence-corrected chi connectivity index (χ4v) is 3.88. The Kier molecular flexibility index (Phi) is 5.06. The smallest absolute Gasteiger partial charge is 0.310 e. The lowest BCUT2D eigenvalue weighted by Gasteiger charge is -2.30. The predicted molar refractivity (Wildman–Crippen MR) is 77.3 cm³/mol. The molecule has 1 atom stereocenters. The van der Waals surface area contributed by atoms with Gasteiger partial charge in [0.25, 0.3) is 0 Å². The number of nitrogens with one attached hydrogen (secondary N) is 1. The first kappa shape index (κ1) is 15.3. The molecule has 0 heterocycles. The Bertz CT molecular complexity index is 355. The Morgan fingerprint density at radius 1 is 1.15 bits per heavy atom. The van der Waals surface area contributed by atoms with E-state index in [-0.39, 0.29) is 18.4 Å². The second-order valence-electron chi connectivity index (χ2n) is 6.72. The number of aliphatic carboxylic acids is 1. The van der Waals surface area contributed by atoms with Crippen LogP contribution in [-0.4, -0.2) is 23.0 Å². The normalized spacial score (nSPS) is 24.2. The van der Waals surface area contributed by atoms with Crippen LogP contribution in [0.4, 0.5) is 0 Å². The second kappa shape index (κ2) is 6.59. The van der Waals surface area contributed by atoms with Gasteiger partial charge in [-0.15, -0.1) is 0 Å². The minimum atomic E-state index is -0.796. The molecule has 0 aromatic heterocycles. The van der Waals surface area contributed by atoms with Gasteiger partial charge < -0.3 is 10.4 Å². The van der Waals surface area contributed by atoms with Crippen molar-refractivity contribution < 1.29 is 14.7 Å². The van der Waals surface area contributed by atoms with Crippen molar-refractivity contribution in [3.05, 3.63) is 0 Å². The Hall–Kier alpha value is -1.06. The summed E-state index contributed by atoms with van der Waals surface area (Å²) >= 11 is 0. The van der Waals surface area contributed by atoms with E-state index < -0.39 is 11.4 Å². The Balaban J connectivity index is 1.86. The van der Waals surface area contributed by atoms with E-state index in [0.29, 0.717) is 18.8 Å². The van der Waals surface area contributed by atoms with Crippen LogP contribution in [-0.2, 0) is 9.59 Å². The minimum Gasteiger partial charge on any atom is -0.481 e. The van der Waals surface area contributed by atoms with Gasteiger partial charge >= 0.3 is 5.97 Å². The molecular formula is C16H27NO3. The SMILES string of the molecule is C[C@@H](NC(=O)CC1(C(=O)O)CCCC1)C1CCCCC1. The molecular weight excluding hydrogens is 254 g/mol. The zero-order valence-corrected chi connectivity index (χ0v) is 12.5.